The topological polar surface area (TPSA) is 55.4 Å². The van der Waals surface area contributed by atoms with Crippen LogP contribution in [-0.2, 0) is 6.42 Å². The molecule has 0 unspecified atom stereocenters. The zero-order valence-electron chi connectivity index (χ0n) is 20.5. The van der Waals surface area contributed by atoms with Crippen molar-refractivity contribution in [3.63, 3.8) is 0 Å². The summed E-state index contributed by atoms with van der Waals surface area (Å²) in [7, 11) is 1.58. The van der Waals surface area contributed by atoms with Gasteiger partial charge in [0, 0.05) is 23.2 Å². The van der Waals surface area contributed by atoms with Gasteiger partial charge in [-0.3, -0.25) is 9.59 Å². The van der Waals surface area contributed by atoms with Gasteiger partial charge in [-0.15, -0.1) is 0 Å². The van der Waals surface area contributed by atoms with Crippen molar-refractivity contribution in [2.24, 2.45) is 0 Å². The molecule has 178 valence electrons. The van der Waals surface area contributed by atoms with E-state index in [1.54, 1.807) is 25.3 Å². The maximum Gasteiger partial charge on any atom is 0.255 e. The van der Waals surface area contributed by atoms with Crippen molar-refractivity contribution in [2.45, 2.75) is 58.8 Å². The second kappa shape index (κ2) is 12.7. The number of unbranched alkanes of at least 4 members (excludes halogenated alkanes) is 4. The molecule has 0 aliphatic carbocycles. The Morgan fingerprint density at radius 2 is 1.62 bits per heavy atom. The van der Waals surface area contributed by atoms with E-state index >= 15 is 0 Å². The van der Waals surface area contributed by atoms with E-state index < -0.39 is 0 Å². The largest absolute Gasteiger partial charge is 0.497 e. The summed E-state index contributed by atoms with van der Waals surface area (Å²) in [6.45, 7) is 4.27. The van der Waals surface area contributed by atoms with Gasteiger partial charge in [0.2, 0.25) is 0 Å². The molecule has 0 fully saturated rings. The maximum absolute atomic E-state index is 12.5. The number of amides is 1. The number of methoxy groups -OCH3 is 1. The van der Waals surface area contributed by atoms with Crippen LogP contribution in [0.2, 0.25) is 0 Å². The summed E-state index contributed by atoms with van der Waals surface area (Å²) >= 11 is 0. The first-order chi connectivity index (χ1) is 16.5. The molecule has 0 saturated heterocycles. The Balaban J connectivity index is 1.56. The summed E-state index contributed by atoms with van der Waals surface area (Å²) in [5.41, 5.74) is 5.59. The van der Waals surface area contributed by atoms with Gasteiger partial charge < -0.3 is 10.1 Å². The van der Waals surface area contributed by atoms with Crippen LogP contribution >= 0.6 is 0 Å². The number of hydrogen-bond donors (Lipinski definition) is 1. The lowest BCUT2D eigenvalue weighted by molar-refractivity contribution is 0.0977. The van der Waals surface area contributed by atoms with E-state index in [-0.39, 0.29) is 11.7 Å². The van der Waals surface area contributed by atoms with Gasteiger partial charge in [0.15, 0.2) is 5.78 Å². The predicted octanol–water partition coefficient (Wildman–Crippen LogP) is 7.39. The van der Waals surface area contributed by atoms with E-state index in [1.165, 1.54) is 24.8 Å². The van der Waals surface area contributed by atoms with Crippen LogP contribution in [0.3, 0.4) is 0 Å². The van der Waals surface area contributed by atoms with Gasteiger partial charge in [-0.25, -0.2) is 0 Å². The number of benzene rings is 3. The van der Waals surface area contributed by atoms with E-state index in [0.29, 0.717) is 17.7 Å². The summed E-state index contributed by atoms with van der Waals surface area (Å²) < 4.78 is 5.19. The third-order valence-electron chi connectivity index (χ3n) is 6.11. The van der Waals surface area contributed by atoms with Gasteiger partial charge in [-0.1, -0.05) is 62.9 Å². The number of carbonyl (C=O) groups is 2. The van der Waals surface area contributed by atoms with Crippen molar-refractivity contribution in [3.05, 3.63) is 94.5 Å². The summed E-state index contributed by atoms with van der Waals surface area (Å²) in [5.74, 6) is 0.716. The van der Waals surface area contributed by atoms with Crippen LogP contribution in [0.25, 0.3) is 0 Å². The molecular formula is C30H35NO3. The van der Waals surface area contributed by atoms with Gasteiger partial charge in [0.1, 0.15) is 5.75 Å². The molecule has 0 atom stereocenters. The van der Waals surface area contributed by atoms with Crippen LogP contribution in [0.4, 0.5) is 5.69 Å². The van der Waals surface area contributed by atoms with E-state index in [2.05, 4.69) is 25.2 Å². The number of rotatable bonds is 12. The van der Waals surface area contributed by atoms with Crippen LogP contribution < -0.4 is 10.1 Å². The second-order valence-corrected chi connectivity index (χ2v) is 8.79. The Morgan fingerprint density at radius 1 is 0.853 bits per heavy atom. The van der Waals surface area contributed by atoms with Crippen molar-refractivity contribution < 1.29 is 14.3 Å². The van der Waals surface area contributed by atoms with Gasteiger partial charge in [0.25, 0.3) is 5.91 Å². The molecule has 3 aromatic carbocycles. The molecule has 0 aliphatic heterocycles. The third kappa shape index (κ3) is 7.31. The Labute approximate surface area is 203 Å². The van der Waals surface area contributed by atoms with Crippen LogP contribution in [0, 0.1) is 6.92 Å². The highest BCUT2D eigenvalue weighted by atomic mass is 16.5. The molecule has 3 rings (SSSR count). The normalized spacial score (nSPS) is 10.7. The van der Waals surface area contributed by atoms with Crippen molar-refractivity contribution >= 4 is 17.4 Å². The number of ether oxygens (including phenoxy) is 1. The zero-order valence-corrected chi connectivity index (χ0v) is 20.5. The minimum atomic E-state index is -0.173. The van der Waals surface area contributed by atoms with E-state index in [1.807, 2.05) is 42.5 Å². The summed E-state index contributed by atoms with van der Waals surface area (Å²) in [4.78, 5) is 25.0. The monoisotopic (exact) mass is 457 g/mol. The molecule has 34 heavy (non-hydrogen) atoms. The Morgan fingerprint density at radius 3 is 2.32 bits per heavy atom. The smallest absolute Gasteiger partial charge is 0.255 e. The molecule has 0 spiro atoms. The van der Waals surface area contributed by atoms with E-state index in [4.69, 9.17) is 4.74 Å². The standard InChI is InChI=1S/C30H35NO3/c1-4-5-6-7-8-12-29(32)25-16-15-24(22(2)19-25)20-23-13-17-27(18-14-23)31-30(33)26-10-9-11-28(21-26)34-3/h9-11,13-19,21H,4-8,12,20H2,1-3H3,(H,31,33). The maximum atomic E-state index is 12.5. The Hall–Kier alpha value is -3.40. The summed E-state index contributed by atoms with van der Waals surface area (Å²) in [6, 6.07) is 21.0. The van der Waals surface area contributed by atoms with Crippen molar-refractivity contribution in [3.8, 4) is 5.75 Å². The van der Waals surface area contributed by atoms with Crippen LogP contribution in [-0.4, -0.2) is 18.8 Å². The lowest BCUT2D eigenvalue weighted by atomic mass is 9.96. The zero-order chi connectivity index (χ0) is 24.3. The van der Waals surface area contributed by atoms with Gasteiger partial charge in [-0.2, -0.15) is 0 Å². The van der Waals surface area contributed by atoms with Gasteiger partial charge in [0.05, 0.1) is 7.11 Å². The first-order valence-electron chi connectivity index (χ1n) is 12.2. The molecule has 0 bridgehead atoms. The Kier molecular flexibility index (Phi) is 9.45. The van der Waals surface area contributed by atoms with Crippen LogP contribution in [0.1, 0.15) is 82.9 Å². The predicted molar refractivity (Wildman–Crippen MR) is 139 cm³/mol. The first-order valence-corrected chi connectivity index (χ1v) is 12.2. The van der Waals surface area contributed by atoms with Gasteiger partial charge in [-0.05, 0) is 72.9 Å². The Bertz CT molecular complexity index is 1100. The fraction of sp³-hybridized carbons (Fsp3) is 0.333. The molecule has 0 saturated carbocycles. The molecule has 1 amide bonds. The number of aryl methyl sites for hydroxylation is 1. The van der Waals surface area contributed by atoms with E-state index in [0.717, 1.165) is 41.6 Å². The number of nitrogens with one attached hydrogen (secondary N) is 1. The number of anilines is 1. The fourth-order valence-corrected chi connectivity index (χ4v) is 3.99. The van der Waals surface area contributed by atoms with Crippen LogP contribution in [0.15, 0.2) is 66.7 Å². The molecule has 0 heterocycles. The molecule has 4 heteroatoms. The highest BCUT2D eigenvalue weighted by Crippen LogP contribution is 2.20. The molecule has 4 nitrogen and oxygen atoms in total. The van der Waals surface area contributed by atoms with E-state index in [9.17, 15) is 9.59 Å². The minimum Gasteiger partial charge on any atom is -0.497 e. The number of Topliss-reactive ketones (excluding diaryl/α,β-unsaturated/α-hetero) is 1. The number of ketones is 1. The summed E-state index contributed by atoms with van der Waals surface area (Å²) in [6.07, 6.45) is 7.19. The first kappa shape index (κ1) is 25.2. The molecule has 0 aromatic heterocycles. The van der Waals surface area contributed by atoms with Crippen LogP contribution in [0.5, 0.6) is 5.75 Å². The average Bonchev–Trinajstić information content (AvgIpc) is 2.86. The fourth-order valence-electron chi connectivity index (χ4n) is 3.99. The third-order valence-corrected chi connectivity index (χ3v) is 6.11. The number of hydrogen-bond acceptors (Lipinski definition) is 3. The molecule has 0 radical (unpaired) electrons. The van der Waals surface area contributed by atoms with Crippen molar-refractivity contribution in [1.29, 1.82) is 0 Å². The van der Waals surface area contributed by atoms with Crippen molar-refractivity contribution in [2.75, 3.05) is 12.4 Å². The van der Waals surface area contributed by atoms with Gasteiger partial charge >= 0.3 is 0 Å². The van der Waals surface area contributed by atoms with Crippen molar-refractivity contribution in [1.82, 2.24) is 0 Å². The lowest BCUT2D eigenvalue weighted by Crippen LogP contribution is -2.11. The lowest BCUT2D eigenvalue weighted by Gasteiger charge is -2.10. The molecule has 1 N–H and O–H groups in total. The average molecular weight is 458 g/mol. The highest BCUT2D eigenvalue weighted by Gasteiger charge is 2.10. The summed E-state index contributed by atoms with van der Waals surface area (Å²) in [5, 5.41) is 2.93. The molecular weight excluding hydrogens is 422 g/mol. The second-order valence-electron chi connectivity index (χ2n) is 8.79. The molecule has 3 aromatic rings. The quantitative estimate of drug-likeness (QED) is 0.228. The SMILES string of the molecule is CCCCCCCC(=O)c1ccc(Cc2ccc(NC(=O)c3cccc(OC)c3)cc2)c(C)c1. The molecule has 0 aliphatic rings. The number of carbonyl (C=O) groups excluding carboxylic acids is 2. The highest BCUT2D eigenvalue weighted by molar-refractivity contribution is 6.04. The minimum absolute atomic E-state index is 0.173.